The van der Waals surface area contributed by atoms with Gasteiger partial charge in [0.05, 0.1) is 12.6 Å². The molecule has 0 bridgehead atoms. The van der Waals surface area contributed by atoms with Crippen molar-refractivity contribution >= 4 is 6.09 Å². The number of carbonyl (C=O) groups is 1. The molecule has 0 saturated carbocycles. The van der Waals surface area contributed by atoms with Crippen molar-refractivity contribution in [3.05, 3.63) is 12.2 Å². The lowest BCUT2D eigenvalue weighted by Gasteiger charge is -2.14. The second-order valence-corrected chi connectivity index (χ2v) is 2.58. The standard InChI is InChI=1S/C8H15NO3/c1-4-5-6-9(11)8(10)12-7(2)3/h4-5,7,11H,6H2,1-3H3/b5-4+. The van der Waals surface area contributed by atoms with Gasteiger partial charge in [-0.3, -0.25) is 5.21 Å². The van der Waals surface area contributed by atoms with Crippen LogP contribution in [-0.4, -0.2) is 29.0 Å². The van der Waals surface area contributed by atoms with Crippen molar-refractivity contribution in [2.24, 2.45) is 0 Å². The number of hydrogen-bond donors (Lipinski definition) is 1. The van der Waals surface area contributed by atoms with Gasteiger partial charge in [-0.25, -0.2) is 4.79 Å². The van der Waals surface area contributed by atoms with Gasteiger partial charge >= 0.3 is 6.09 Å². The molecule has 1 amide bonds. The Hall–Kier alpha value is -1.03. The van der Waals surface area contributed by atoms with Gasteiger partial charge in [0.2, 0.25) is 0 Å². The van der Waals surface area contributed by atoms with Gasteiger partial charge in [0.25, 0.3) is 0 Å². The summed E-state index contributed by atoms with van der Waals surface area (Å²) in [5, 5.41) is 9.53. The molecule has 4 heteroatoms. The van der Waals surface area contributed by atoms with E-state index in [0.717, 1.165) is 0 Å². The van der Waals surface area contributed by atoms with Crippen LogP contribution in [0.4, 0.5) is 4.79 Å². The largest absolute Gasteiger partial charge is 0.445 e. The molecule has 12 heavy (non-hydrogen) atoms. The highest BCUT2D eigenvalue weighted by molar-refractivity contribution is 5.66. The Morgan fingerprint density at radius 2 is 2.25 bits per heavy atom. The first kappa shape index (κ1) is 11.0. The molecule has 1 N–H and O–H groups in total. The fourth-order valence-corrected chi connectivity index (χ4v) is 0.542. The van der Waals surface area contributed by atoms with Gasteiger partial charge in [-0.1, -0.05) is 12.2 Å². The number of amides is 1. The zero-order valence-electron chi connectivity index (χ0n) is 7.65. The van der Waals surface area contributed by atoms with Gasteiger partial charge in [-0.2, -0.15) is 5.06 Å². The molecular formula is C8H15NO3. The molecule has 0 saturated heterocycles. The van der Waals surface area contributed by atoms with E-state index in [-0.39, 0.29) is 12.6 Å². The third kappa shape index (κ3) is 4.73. The minimum atomic E-state index is -0.719. The molecule has 0 fully saturated rings. The Balaban J connectivity index is 3.76. The van der Waals surface area contributed by atoms with E-state index >= 15 is 0 Å². The maximum absolute atomic E-state index is 10.9. The van der Waals surface area contributed by atoms with Crippen molar-refractivity contribution in [1.82, 2.24) is 5.06 Å². The van der Waals surface area contributed by atoms with Crippen molar-refractivity contribution in [2.45, 2.75) is 26.9 Å². The third-order valence-electron chi connectivity index (χ3n) is 1.06. The van der Waals surface area contributed by atoms with E-state index in [1.54, 1.807) is 26.0 Å². The van der Waals surface area contributed by atoms with E-state index in [9.17, 15) is 4.79 Å². The molecule has 0 aromatic rings. The second-order valence-electron chi connectivity index (χ2n) is 2.58. The van der Waals surface area contributed by atoms with Crippen LogP contribution in [0.1, 0.15) is 20.8 Å². The molecule has 70 valence electrons. The number of rotatable bonds is 3. The van der Waals surface area contributed by atoms with E-state index in [1.165, 1.54) is 0 Å². The quantitative estimate of drug-likeness (QED) is 0.402. The van der Waals surface area contributed by atoms with Gasteiger partial charge in [0.1, 0.15) is 0 Å². The zero-order valence-corrected chi connectivity index (χ0v) is 7.65. The van der Waals surface area contributed by atoms with E-state index in [0.29, 0.717) is 5.06 Å². The monoisotopic (exact) mass is 173 g/mol. The molecule has 0 aliphatic carbocycles. The highest BCUT2D eigenvalue weighted by Gasteiger charge is 2.11. The smallest absolute Gasteiger partial charge is 0.434 e. The van der Waals surface area contributed by atoms with E-state index in [2.05, 4.69) is 0 Å². The summed E-state index contributed by atoms with van der Waals surface area (Å²) in [6, 6.07) is 0. The summed E-state index contributed by atoms with van der Waals surface area (Å²) in [5.74, 6) is 0. The molecule has 0 radical (unpaired) electrons. The lowest BCUT2D eigenvalue weighted by Crippen LogP contribution is -2.30. The summed E-state index contributed by atoms with van der Waals surface area (Å²) in [7, 11) is 0. The Morgan fingerprint density at radius 3 is 2.67 bits per heavy atom. The molecule has 0 aliphatic rings. The van der Waals surface area contributed by atoms with Crippen molar-refractivity contribution in [1.29, 1.82) is 0 Å². The summed E-state index contributed by atoms with van der Waals surface area (Å²) >= 11 is 0. The Kier molecular flexibility index (Phi) is 5.12. The molecule has 0 rings (SSSR count). The van der Waals surface area contributed by atoms with Crippen LogP contribution < -0.4 is 0 Å². The minimum absolute atomic E-state index is 0.155. The number of hydrogen-bond acceptors (Lipinski definition) is 3. The van der Waals surface area contributed by atoms with E-state index < -0.39 is 6.09 Å². The normalized spacial score (nSPS) is 10.8. The average Bonchev–Trinajstić information content (AvgIpc) is 1.98. The molecule has 0 aromatic heterocycles. The topological polar surface area (TPSA) is 49.8 Å². The van der Waals surface area contributed by atoms with Crippen molar-refractivity contribution in [3.63, 3.8) is 0 Å². The summed E-state index contributed by atoms with van der Waals surface area (Å²) in [6.07, 6.45) is 2.47. The highest BCUT2D eigenvalue weighted by Crippen LogP contribution is 1.95. The van der Waals surface area contributed by atoms with Gasteiger partial charge < -0.3 is 4.74 Å². The molecular weight excluding hydrogens is 158 g/mol. The minimum Gasteiger partial charge on any atom is -0.445 e. The van der Waals surface area contributed by atoms with Crippen LogP contribution in [0.15, 0.2) is 12.2 Å². The zero-order chi connectivity index (χ0) is 9.56. The third-order valence-corrected chi connectivity index (χ3v) is 1.06. The first-order chi connectivity index (χ1) is 5.57. The van der Waals surface area contributed by atoms with Crippen LogP contribution in [0.3, 0.4) is 0 Å². The predicted octanol–water partition coefficient (Wildman–Crippen LogP) is 1.80. The summed E-state index contributed by atoms with van der Waals surface area (Å²) in [6.45, 7) is 5.41. The van der Waals surface area contributed by atoms with E-state index in [1.807, 2.05) is 6.92 Å². The van der Waals surface area contributed by atoms with Crippen LogP contribution in [0.5, 0.6) is 0 Å². The average molecular weight is 173 g/mol. The van der Waals surface area contributed by atoms with Gasteiger partial charge in [-0.15, -0.1) is 0 Å². The number of ether oxygens (including phenoxy) is 1. The number of hydroxylamine groups is 2. The fourth-order valence-electron chi connectivity index (χ4n) is 0.542. The van der Waals surface area contributed by atoms with Gasteiger partial charge in [0.15, 0.2) is 0 Å². The molecule has 0 spiro atoms. The number of nitrogens with zero attached hydrogens (tertiary/aromatic N) is 1. The molecule has 0 unspecified atom stereocenters. The van der Waals surface area contributed by atoms with Crippen LogP contribution in [0, 0.1) is 0 Å². The van der Waals surface area contributed by atoms with Gasteiger partial charge in [0, 0.05) is 0 Å². The lowest BCUT2D eigenvalue weighted by atomic mass is 10.5. The fraction of sp³-hybridized carbons (Fsp3) is 0.625. The highest BCUT2D eigenvalue weighted by atomic mass is 16.6. The van der Waals surface area contributed by atoms with Crippen LogP contribution in [0.25, 0.3) is 0 Å². The lowest BCUT2D eigenvalue weighted by molar-refractivity contribution is -0.0720. The van der Waals surface area contributed by atoms with Crippen LogP contribution in [-0.2, 0) is 4.74 Å². The molecule has 0 aromatic carbocycles. The molecule has 0 aliphatic heterocycles. The summed E-state index contributed by atoms with van der Waals surface area (Å²) in [5.41, 5.74) is 0. The first-order valence-corrected chi connectivity index (χ1v) is 3.86. The maximum Gasteiger partial charge on any atom is 0.434 e. The number of carbonyl (C=O) groups excluding carboxylic acids is 1. The van der Waals surface area contributed by atoms with Crippen molar-refractivity contribution in [3.8, 4) is 0 Å². The van der Waals surface area contributed by atoms with Gasteiger partial charge in [-0.05, 0) is 20.8 Å². The molecule has 0 atom stereocenters. The molecule has 4 nitrogen and oxygen atoms in total. The van der Waals surface area contributed by atoms with Crippen LogP contribution in [0.2, 0.25) is 0 Å². The summed E-state index contributed by atoms with van der Waals surface area (Å²) in [4.78, 5) is 10.9. The SMILES string of the molecule is C/C=C/CN(O)C(=O)OC(C)C. The predicted molar refractivity (Wildman–Crippen MR) is 44.9 cm³/mol. The summed E-state index contributed by atoms with van der Waals surface area (Å²) < 4.78 is 4.71. The van der Waals surface area contributed by atoms with Crippen molar-refractivity contribution in [2.75, 3.05) is 6.54 Å². The Labute approximate surface area is 72.4 Å². The first-order valence-electron chi connectivity index (χ1n) is 3.86. The number of allylic oxidation sites excluding steroid dienone is 1. The second kappa shape index (κ2) is 5.60. The van der Waals surface area contributed by atoms with E-state index in [4.69, 9.17) is 9.94 Å². The van der Waals surface area contributed by atoms with Crippen molar-refractivity contribution < 1.29 is 14.7 Å². The Bertz CT molecular complexity index is 166. The molecule has 0 heterocycles. The Morgan fingerprint density at radius 1 is 1.67 bits per heavy atom. The maximum atomic E-state index is 10.9. The van der Waals surface area contributed by atoms with Crippen LogP contribution >= 0.6 is 0 Å².